The molecule has 0 fully saturated rings. The number of pyridine rings is 1. The molecule has 2 nitrogen and oxygen atoms in total. The van der Waals surface area contributed by atoms with Gasteiger partial charge < -0.3 is 4.74 Å². The molecule has 3 aromatic rings. The topological polar surface area (TPSA) is 22.1 Å². The molecule has 21 heavy (non-hydrogen) atoms. The minimum atomic E-state index is 0.657. The number of nitrogens with zero attached hydrogens (tertiary/aromatic N) is 1. The molecule has 0 aliphatic carbocycles. The third-order valence-electron chi connectivity index (χ3n) is 3.55. The minimum absolute atomic E-state index is 0.657. The smallest absolute Gasteiger partial charge is 0.221 e. The molecular weight excluding hydrogens is 326 g/mol. The summed E-state index contributed by atoms with van der Waals surface area (Å²) in [4.78, 5) is 4.69. The molecule has 0 saturated carbocycles. The summed E-state index contributed by atoms with van der Waals surface area (Å²) in [7, 11) is 1.66. The standard InChI is InChI=1S/C18H16BrNO/c1-11-5-4-6-13(9-11)17-16(19)15-10-12(2)7-8-14(15)18(20-17)21-3/h4-10H,1-3H3. The molecule has 0 radical (unpaired) electrons. The number of benzene rings is 2. The first-order chi connectivity index (χ1) is 10.1. The van der Waals surface area contributed by atoms with Crippen LogP contribution in [0.4, 0.5) is 0 Å². The Balaban J connectivity index is 2.36. The lowest BCUT2D eigenvalue weighted by molar-refractivity contribution is 0.404. The molecule has 0 amide bonds. The van der Waals surface area contributed by atoms with Crippen molar-refractivity contribution in [3.8, 4) is 17.1 Å². The Labute approximate surface area is 132 Å². The van der Waals surface area contributed by atoms with E-state index in [1.165, 1.54) is 11.1 Å². The summed E-state index contributed by atoms with van der Waals surface area (Å²) in [5.41, 5.74) is 4.42. The quantitative estimate of drug-likeness (QED) is 0.631. The average molecular weight is 342 g/mol. The maximum Gasteiger partial charge on any atom is 0.221 e. The van der Waals surface area contributed by atoms with Crippen molar-refractivity contribution in [2.24, 2.45) is 0 Å². The zero-order valence-electron chi connectivity index (χ0n) is 12.3. The highest BCUT2D eigenvalue weighted by Gasteiger charge is 2.14. The van der Waals surface area contributed by atoms with Crippen molar-refractivity contribution < 1.29 is 4.74 Å². The number of hydrogen-bond donors (Lipinski definition) is 0. The molecule has 1 heterocycles. The highest BCUT2D eigenvalue weighted by molar-refractivity contribution is 9.10. The van der Waals surface area contributed by atoms with Gasteiger partial charge in [-0.25, -0.2) is 4.98 Å². The summed E-state index contributed by atoms with van der Waals surface area (Å²) in [6, 6.07) is 14.6. The third-order valence-corrected chi connectivity index (χ3v) is 4.35. The van der Waals surface area contributed by atoms with Gasteiger partial charge in [0.1, 0.15) is 0 Å². The van der Waals surface area contributed by atoms with Crippen LogP contribution in [0.25, 0.3) is 22.0 Å². The highest BCUT2D eigenvalue weighted by Crippen LogP contribution is 2.37. The fourth-order valence-electron chi connectivity index (χ4n) is 2.50. The molecule has 2 aromatic carbocycles. The zero-order valence-corrected chi connectivity index (χ0v) is 13.9. The predicted molar refractivity (Wildman–Crippen MR) is 90.9 cm³/mol. The van der Waals surface area contributed by atoms with Gasteiger partial charge in [0.05, 0.1) is 17.3 Å². The van der Waals surface area contributed by atoms with E-state index in [1.807, 2.05) is 6.07 Å². The van der Waals surface area contributed by atoms with Crippen LogP contribution in [-0.2, 0) is 0 Å². The largest absolute Gasteiger partial charge is 0.481 e. The number of methoxy groups -OCH3 is 1. The van der Waals surface area contributed by atoms with Gasteiger partial charge in [0.2, 0.25) is 5.88 Å². The first kappa shape index (κ1) is 14.1. The zero-order chi connectivity index (χ0) is 15.0. The van der Waals surface area contributed by atoms with Gasteiger partial charge in [-0.1, -0.05) is 41.5 Å². The lowest BCUT2D eigenvalue weighted by atomic mass is 10.0. The molecule has 0 unspecified atom stereocenters. The first-order valence-corrected chi connectivity index (χ1v) is 7.60. The van der Waals surface area contributed by atoms with Crippen LogP contribution in [0.2, 0.25) is 0 Å². The second kappa shape index (κ2) is 5.49. The molecule has 0 aliphatic heterocycles. The molecular formula is C18H16BrNO. The van der Waals surface area contributed by atoms with E-state index in [0.29, 0.717) is 5.88 Å². The maximum atomic E-state index is 5.48. The lowest BCUT2D eigenvalue weighted by Crippen LogP contribution is -1.95. The van der Waals surface area contributed by atoms with E-state index in [0.717, 1.165) is 26.5 Å². The molecule has 0 saturated heterocycles. The molecule has 0 bridgehead atoms. The number of hydrogen-bond acceptors (Lipinski definition) is 2. The molecule has 3 rings (SSSR count). The fraction of sp³-hybridized carbons (Fsp3) is 0.167. The van der Waals surface area contributed by atoms with Crippen LogP contribution in [0.15, 0.2) is 46.9 Å². The summed E-state index contributed by atoms with van der Waals surface area (Å²) in [6.07, 6.45) is 0. The number of rotatable bonds is 2. The first-order valence-electron chi connectivity index (χ1n) is 6.81. The van der Waals surface area contributed by atoms with Crippen molar-refractivity contribution in [2.75, 3.05) is 7.11 Å². The second-order valence-corrected chi connectivity index (χ2v) is 6.00. The Morgan fingerprint density at radius 2 is 1.71 bits per heavy atom. The summed E-state index contributed by atoms with van der Waals surface area (Å²) in [5, 5.41) is 2.14. The summed E-state index contributed by atoms with van der Waals surface area (Å²) >= 11 is 3.72. The van der Waals surface area contributed by atoms with Crippen LogP contribution < -0.4 is 4.74 Å². The molecule has 3 heteroatoms. The number of ether oxygens (including phenoxy) is 1. The van der Waals surface area contributed by atoms with Crippen molar-refractivity contribution in [2.45, 2.75) is 13.8 Å². The van der Waals surface area contributed by atoms with E-state index in [9.17, 15) is 0 Å². The highest BCUT2D eigenvalue weighted by atomic mass is 79.9. The van der Waals surface area contributed by atoms with E-state index in [-0.39, 0.29) is 0 Å². The van der Waals surface area contributed by atoms with Crippen molar-refractivity contribution in [1.29, 1.82) is 0 Å². The van der Waals surface area contributed by atoms with Gasteiger partial charge in [-0.05, 0) is 41.9 Å². The summed E-state index contributed by atoms with van der Waals surface area (Å²) in [5.74, 6) is 0.657. The van der Waals surface area contributed by atoms with Crippen molar-refractivity contribution in [1.82, 2.24) is 4.98 Å². The monoisotopic (exact) mass is 341 g/mol. The predicted octanol–water partition coefficient (Wildman–Crippen LogP) is 5.29. The van der Waals surface area contributed by atoms with E-state index < -0.39 is 0 Å². The van der Waals surface area contributed by atoms with Gasteiger partial charge in [-0.3, -0.25) is 0 Å². The maximum absolute atomic E-state index is 5.48. The number of aromatic nitrogens is 1. The van der Waals surface area contributed by atoms with Crippen LogP contribution in [-0.4, -0.2) is 12.1 Å². The SMILES string of the molecule is COc1nc(-c2cccc(C)c2)c(Br)c2cc(C)ccc12. The average Bonchev–Trinajstić information content (AvgIpc) is 2.48. The Bertz CT molecular complexity index is 827. The normalized spacial score (nSPS) is 10.9. The van der Waals surface area contributed by atoms with Gasteiger partial charge in [0.15, 0.2) is 0 Å². The van der Waals surface area contributed by atoms with Gasteiger partial charge in [0.25, 0.3) is 0 Å². The van der Waals surface area contributed by atoms with Crippen molar-refractivity contribution in [3.05, 3.63) is 58.1 Å². The molecule has 0 spiro atoms. The van der Waals surface area contributed by atoms with Crippen molar-refractivity contribution >= 4 is 26.7 Å². The second-order valence-electron chi connectivity index (χ2n) is 5.20. The van der Waals surface area contributed by atoms with Gasteiger partial charge in [-0.15, -0.1) is 0 Å². The molecule has 0 N–H and O–H groups in total. The van der Waals surface area contributed by atoms with E-state index in [2.05, 4.69) is 66.2 Å². The van der Waals surface area contributed by atoms with Crippen LogP contribution in [0, 0.1) is 13.8 Å². The van der Waals surface area contributed by atoms with E-state index in [4.69, 9.17) is 9.72 Å². The van der Waals surface area contributed by atoms with Gasteiger partial charge >= 0.3 is 0 Å². The van der Waals surface area contributed by atoms with Gasteiger partial charge in [0, 0.05) is 16.3 Å². The Hall–Kier alpha value is -1.87. The number of halogens is 1. The Morgan fingerprint density at radius 1 is 0.952 bits per heavy atom. The molecule has 106 valence electrons. The number of aryl methyl sites for hydroxylation is 2. The Morgan fingerprint density at radius 3 is 2.43 bits per heavy atom. The van der Waals surface area contributed by atoms with Crippen LogP contribution in [0.5, 0.6) is 5.88 Å². The number of fused-ring (bicyclic) bond motifs is 1. The summed E-state index contributed by atoms with van der Waals surface area (Å²) in [6.45, 7) is 4.17. The molecule has 1 aromatic heterocycles. The van der Waals surface area contributed by atoms with Gasteiger partial charge in [-0.2, -0.15) is 0 Å². The molecule has 0 aliphatic rings. The van der Waals surface area contributed by atoms with Crippen LogP contribution >= 0.6 is 15.9 Å². The minimum Gasteiger partial charge on any atom is -0.481 e. The van der Waals surface area contributed by atoms with E-state index in [1.54, 1.807) is 7.11 Å². The summed E-state index contributed by atoms with van der Waals surface area (Å²) < 4.78 is 6.49. The van der Waals surface area contributed by atoms with Crippen LogP contribution in [0.3, 0.4) is 0 Å². The Kier molecular flexibility index (Phi) is 3.68. The van der Waals surface area contributed by atoms with Crippen LogP contribution in [0.1, 0.15) is 11.1 Å². The lowest BCUT2D eigenvalue weighted by Gasteiger charge is -2.12. The molecule has 0 atom stereocenters. The van der Waals surface area contributed by atoms with Crippen molar-refractivity contribution in [3.63, 3.8) is 0 Å². The van der Waals surface area contributed by atoms with E-state index >= 15 is 0 Å². The fourth-order valence-corrected chi connectivity index (χ4v) is 3.15. The third kappa shape index (κ3) is 2.54.